The summed E-state index contributed by atoms with van der Waals surface area (Å²) < 4.78 is 20.1. The highest BCUT2D eigenvalue weighted by Crippen LogP contribution is 2.38. The van der Waals surface area contributed by atoms with Gasteiger partial charge in [0.1, 0.15) is 16.4 Å². The van der Waals surface area contributed by atoms with Crippen LogP contribution in [0.3, 0.4) is 0 Å². The molecular formula is C30H38FN5O3S. The van der Waals surface area contributed by atoms with Crippen molar-refractivity contribution in [2.45, 2.75) is 52.5 Å². The number of carbonyl (C=O) groups excluding carboxylic acids is 2. The average molecular weight is 568 g/mol. The second-order valence-electron chi connectivity index (χ2n) is 11.6. The highest BCUT2D eigenvalue weighted by Gasteiger charge is 2.44. The molecule has 3 heterocycles. The molecule has 0 saturated carbocycles. The number of thiophene rings is 1. The van der Waals surface area contributed by atoms with Crippen LogP contribution in [-0.2, 0) is 10.2 Å². The SMILES string of the molecule is COc1ccc(-c2cc(NCNc3sc(C(C)(C)C)cc3C(=O)N3CCN(C)C(=O)C3(C)C)c(F)cc2C)cn1. The summed E-state index contributed by atoms with van der Waals surface area (Å²) in [4.78, 5) is 35.3. The Morgan fingerprint density at radius 2 is 1.90 bits per heavy atom. The van der Waals surface area contributed by atoms with Crippen molar-refractivity contribution in [3.63, 3.8) is 0 Å². The number of carbonyl (C=O) groups is 2. The molecule has 1 aliphatic rings. The van der Waals surface area contributed by atoms with Crippen LogP contribution in [0.25, 0.3) is 11.1 Å². The van der Waals surface area contributed by atoms with Crippen LogP contribution in [0.15, 0.2) is 36.5 Å². The van der Waals surface area contributed by atoms with Crippen LogP contribution < -0.4 is 15.4 Å². The molecular weight excluding hydrogens is 529 g/mol. The van der Waals surface area contributed by atoms with Gasteiger partial charge in [-0.1, -0.05) is 20.8 Å². The van der Waals surface area contributed by atoms with Gasteiger partial charge in [0.2, 0.25) is 11.8 Å². The van der Waals surface area contributed by atoms with Crippen molar-refractivity contribution in [3.05, 3.63) is 58.3 Å². The molecule has 10 heteroatoms. The third-order valence-electron chi connectivity index (χ3n) is 7.25. The van der Waals surface area contributed by atoms with Crippen LogP contribution in [0, 0.1) is 12.7 Å². The molecule has 2 N–H and O–H groups in total. The van der Waals surface area contributed by atoms with E-state index in [1.807, 2.05) is 19.1 Å². The Labute approximate surface area is 239 Å². The lowest BCUT2D eigenvalue weighted by atomic mass is 9.93. The number of methoxy groups -OCH3 is 1. The number of likely N-dealkylation sites (N-methyl/N-ethyl adjacent to an activating group) is 1. The lowest BCUT2D eigenvalue weighted by molar-refractivity contribution is -0.144. The van der Waals surface area contributed by atoms with Crippen molar-refractivity contribution in [3.8, 4) is 17.0 Å². The number of nitrogens with zero attached hydrogens (tertiary/aromatic N) is 3. The molecule has 0 radical (unpaired) electrons. The second kappa shape index (κ2) is 11.1. The number of aromatic nitrogens is 1. The maximum absolute atomic E-state index is 14.9. The number of hydrogen-bond donors (Lipinski definition) is 2. The second-order valence-corrected chi connectivity index (χ2v) is 12.7. The minimum absolute atomic E-state index is 0.0905. The highest BCUT2D eigenvalue weighted by atomic mass is 32.1. The number of benzene rings is 1. The standard InChI is InChI=1S/C30H38FN5O3S/c1-18-13-22(31)23(14-20(18)19-9-10-25(39-8)32-16-19)33-17-34-26-21(15-24(40-26)29(2,3)4)27(37)36-12-11-35(7)28(38)30(36,5)6/h9-10,13-16,33-34H,11-12,17H2,1-8H3. The van der Waals surface area contributed by atoms with Crippen LogP contribution in [0.1, 0.15) is 55.4 Å². The molecule has 2 aromatic heterocycles. The zero-order chi connectivity index (χ0) is 29.4. The minimum Gasteiger partial charge on any atom is -0.481 e. The predicted octanol–water partition coefficient (Wildman–Crippen LogP) is 5.74. The first-order valence-electron chi connectivity index (χ1n) is 13.2. The summed E-state index contributed by atoms with van der Waals surface area (Å²) in [7, 11) is 3.32. The number of anilines is 2. The van der Waals surface area contributed by atoms with Crippen molar-refractivity contribution >= 4 is 33.8 Å². The third kappa shape index (κ3) is 5.77. The number of amides is 2. The van der Waals surface area contributed by atoms with Crippen LogP contribution in [0.2, 0.25) is 0 Å². The Hall–Kier alpha value is -3.66. The highest BCUT2D eigenvalue weighted by molar-refractivity contribution is 7.16. The summed E-state index contributed by atoms with van der Waals surface area (Å²) in [6, 6.07) is 8.82. The predicted molar refractivity (Wildman–Crippen MR) is 159 cm³/mol. The topological polar surface area (TPSA) is 86.8 Å². The molecule has 0 unspecified atom stereocenters. The van der Waals surface area contributed by atoms with Crippen molar-refractivity contribution in [1.29, 1.82) is 0 Å². The summed E-state index contributed by atoms with van der Waals surface area (Å²) in [6.45, 7) is 12.8. The molecule has 2 amide bonds. The zero-order valence-corrected chi connectivity index (χ0v) is 25.3. The summed E-state index contributed by atoms with van der Waals surface area (Å²) >= 11 is 1.50. The van der Waals surface area contributed by atoms with Gasteiger partial charge >= 0.3 is 0 Å². The number of pyridine rings is 1. The van der Waals surface area contributed by atoms with Crippen LogP contribution >= 0.6 is 11.3 Å². The molecule has 3 aromatic rings. The molecule has 0 atom stereocenters. The number of hydrogen-bond acceptors (Lipinski definition) is 7. The van der Waals surface area contributed by atoms with Gasteiger partial charge in [-0.15, -0.1) is 11.3 Å². The molecule has 4 rings (SSSR count). The minimum atomic E-state index is -0.957. The third-order valence-corrected chi connectivity index (χ3v) is 8.77. The summed E-state index contributed by atoms with van der Waals surface area (Å²) in [6.07, 6.45) is 1.70. The number of aryl methyl sites for hydroxylation is 1. The van der Waals surface area contributed by atoms with E-state index >= 15 is 0 Å². The molecule has 40 heavy (non-hydrogen) atoms. The Morgan fingerprint density at radius 1 is 1.18 bits per heavy atom. The summed E-state index contributed by atoms with van der Waals surface area (Å²) in [5.41, 5.74) is 2.19. The van der Waals surface area contributed by atoms with Gasteiger partial charge < -0.3 is 25.2 Å². The van der Waals surface area contributed by atoms with E-state index in [1.165, 1.54) is 17.4 Å². The number of ether oxygens (including phenoxy) is 1. The monoisotopic (exact) mass is 567 g/mol. The first-order chi connectivity index (χ1) is 18.7. The molecule has 0 bridgehead atoms. The molecule has 1 saturated heterocycles. The van der Waals surface area contributed by atoms with E-state index in [0.29, 0.717) is 35.2 Å². The maximum atomic E-state index is 14.9. The fourth-order valence-electron chi connectivity index (χ4n) is 4.76. The molecule has 8 nitrogen and oxygen atoms in total. The summed E-state index contributed by atoms with van der Waals surface area (Å²) in [5.74, 6) is -0.157. The van der Waals surface area contributed by atoms with E-state index in [9.17, 15) is 14.0 Å². The lowest BCUT2D eigenvalue weighted by Crippen LogP contribution is -2.63. The lowest BCUT2D eigenvalue weighted by Gasteiger charge is -2.44. The number of rotatable bonds is 7. The van der Waals surface area contributed by atoms with E-state index in [4.69, 9.17) is 4.74 Å². The average Bonchev–Trinajstić information content (AvgIpc) is 3.33. The number of piperazine rings is 1. The fourth-order valence-corrected chi connectivity index (χ4v) is 5.87. The first kappa shape index (κ1) is 29.3. The van der Waals surface area contributed by atoms with Crippen molar-refractivity contribution < 1.29 is 18.7 Å². The maximum Gasteiger partial charge on any atom is 0.257 e. The van der Waals surface area contributed by atoms with Gasteiger partial charge in [-0.05, 0) is 61.6 Å². The van der Waals surface area contributed by atoms with E-state index < -0.39 is 5.54 Å². The van der Waals surface area contributed by atoms with E-state index in [-0.39, 0.29) is 29.7 Å². The number of nitrogens with one attached hydrogen (secondary N) is 2. The molecule has 214 valence electrons. The van der Waals surface area contributed by atoms with Gasteiger partial charge in [0.05, 0.1) is 25.0 Å². The molecule has 0 aliphatic carbocycles. The molecule has 1 aliphatic heterocycles. The van der Waals surface area contributed by atoms with Gasteiger partial charge in [-0.25, -0.2) is 9.37 Å². The normalized spacial score (nSPS) is 15.3. The van der Waals surface area contributed by atoms with Crippen molar-refractivity contribution in [1.82, 2.24) is 14.8 Å². The molecule has 1 fully saturated rings. The Morgan fingerprint density at radius 3 is 2.52 bits per heavy atom. The van der Waals surface area contributed by atoms with E-state index in [1.54, 1.807) is 56.1 Å². The van der Waals surface area contributed by atoms with Crippen molar-refractivity contribution in [2.75, 3.05) is 44.5 Å². The Balaban J connectivity index is 1.58. The van der Waals surface area contributed by atoms with Gasteiger partial charge in [-0.2, -0.15) is 0 Å². The molecule has 0 spiro atoms. The Kier molecular flexibility index (Phi) is 8.12. The quantitative estimate of drug-likeness (QED) is 0.354. The smallest absolute Gasteiger partial charge is 0.257 e. The zero-order valence-electron chi connectivity index (χ0n) is 24.4. The van der Waals surface area contributed by atoms with E-state index in [2.05, 4.69) is 36.4 Å². The number of halogens is 1. The van der Waals surface area contributed by atoms with Crippen molar-refractivity contribution in [2.24, 2.45) is 0 Å². The van der Waals surface area contributed by atoms with E-state index in [0.717, 1.165) is 21.6 Å². The van der Waals surface area contributed by atoms with Crippen LogP contribution in [0.4, 0.5) is 15.1 Å². The van der Waals surface area contributed by atoms with Crippen LogP contribution in [-0.4, -0.2) is 66.1 Å². The van der Waals surface area contributed by atoms with Gasteiger partial charge in [0, 0.05) is 42.8 Å². The first-order valence-corrected chi connectivity index (χ1v) is 14.1. The van der Waals surface area contributed by atoms with Gasteiger partial charge in [-0.3, -0.25) is 9.59 Å². The van der Waals surface area contributed by atoms with Gasteiger partial charge in [0.25, 0.3) is 5.91 Å². The summed E-state index contributed by atoms with van der Waals surface area (Å²) in [5, 5.41) is 7.12. The largest absolute Gasteiger partial charge is 0.481 e. The van der Waals surface area contributed by atoms with Crippen LogP contribution in [0.5, 0.6) is 5.88 Å². The molecule has 1 aromatic carbocycles. The van der Waals surface area contributed by atoms with Gasteiger partial charge in [0.15, 0.2) is 0 Å². The fraction of sp³-hybridized carbons (Fsp3) is 0.433. The Bertz CT molecular complexity index is 1410.